The van der Waals surface area contributed by atoms with Gasteiger partial charge < -0.3 is 19.5 Å². The number of hydrogen-bond donors (Lipinski definition) is 1. The van der Waals surface area contributed by atoms with Gasteiger partial charge in [-0.05, 0) is 43.2 Å². The number of fused-ring (bicyclic) bond motifs is 2. The number of piperazine rings is 1. The quantitative estimate of drug-likeness (QED) is 0.882. The molecule has 2 fully saturated rings. The highest BCUT2D eigenvalue weighted by Gasteiger charge is 2.43. The van der Waals surface area contributed by atoms with Crippen molar-refractivity contribution < 1.29 is 18.8 Å². The predicted molar refractivity (Wildman–Crippen MR) is 96.9 cm³/mol. The maximum absolute atomic E-state index is 13.2. The van der Waals surface area contributed by atoms with Crippen molar-refractivity contribution in [3.8, 4) is 11.3 Å². The summed E-state index contributed by atoms with van der Waals surface area (Å²) in [6.07, 6.45) is 3.43. The smallest absolute Gasteiger partial charge is 0.256 e. The number of carbonyl (C=O) groups excluding carboxylic acids is 3. The van der Waals surface area contributed by atoms with Gasteiger partial charge in [0.15, 0.2) is 0 Å². The number of furan rings is 1. The fourth-order valence-electron chi connectivity index (χ4n) is 3.84. The van der Waals surface area contributed by atoms with Crippen molar-refractivity contribution in [2.45, 2.75) is 18.9 Å². The first-order valence-corrected chi connectivity index (χ1v) is 9.20. The molecule has 0 radical (unpaired) electrons. The SMILES string of the molecule is O=C1Nc2ccc(-c3ccco3)cc2C(=O)N2CCN(C(=O)C3CC3)CC12. The molecule has 3 heterocycles. The first kappa shape index (κ1) is 16.1. The number of amides is 3. The van der Waals surface area contributed by atoms with Gasteiger partial charge in [-0.15, -0.1) is 0 Å². The topological polar surface area (TPSA) is 82.9 Å². The average molecular weight is 365 g/mol. The van der Waals surface area contributed by atoms with Crippen LogP contribution in [0.2, 0.25) is 0 Å². The Kier molecular flexibility index (Phi) is 3.56. The van der Waals surface area contributed by atoms with Crippen molar-refractivity contribution >= 4 is 23.4 Å². The summed E-state index contributed by atoms with van der Waals surface area (Å²) in [5.74, 6) is 0.435. The molecule has 5 rings (SSSR count). The van der Waals surface area contributed by atoms with Crippen molar-refractivity contribution in [3.63, 3.8) is 0 Å². The molecule has 0 bridgehead atoms. The Balaban J connectivity index is 1.46. The highest BCUT2D eigenvalue weighted by Crippen LogP contribution is 2.33. The summed E-state index contributed by atoms with van der Waals surface area (Å²) >= 11 is 0. The molecule has 1 unspecified atom stereocenters. The van der Waals surface area contributed by atoms with E-state index in [9.17, 15) is 14.4 Å². The molecule has 27 heavy (non-hydrogen) atoms. The van der Waals surface area contributed by atoms with Gasteiger partial charge in [-0.1, -0.05) is 0 Å². The minimum Gasteiger partial charge on any atom is -0.464 e. The molecule has 1 aliphatic carbocycles. The molecule has 138 valence electrons. The van der Waals surface area contributed by atoms with E-state index >= 15 is 0 Å². The lowest BCUT2D eigenvalue weighted by Gasteiger charge is -2.39. The predicted octanol–water partition coefficient (Wildman–Crippen LogP) is 1.96. The van der Waals surface area contributed by atoms with Gasteiger partial charge in [-0.3, -0.25) is 14.4 Å². The van der Waals surface area contributed by atoms with Gasteiger partial charge >= 0.3 is 0 Å². The monoisotopic (exact) mass is 365 g/mol. The van der Waals surface area contributed by atoms with Crippen LogP contribution in [-0.4, -0.2) is 53.2 Å². The summed E-state index contributed by atoms with van der Waals surface area (Å²) in [6.45, 7) is 1.09. The maximum atomic E-state index is 13.2. The summed E-state index contributed by atoms with van der Waals surface area (Å²) in [5, 5.41) is 2.86. The Bertz CT molecular complexity index is 933. The lowest BCUT2D eigenvalue weighted by atomic mass is 10.0. The zero-order valence-electron chi connectivity index (χ0n) is 14.7. The Morgan fingerprint density at radius 3 is 2.74 bits per heavy atom. The van der Waals surface area contributed by atoms with Crippen LogP contribution in [0.3, 0.4) is 0 Å². The molecule has 7 heteroatoms. The molecule has 1 N–H and O–H groups in total. The second-order valence-electron chi connectivity index (χ2n) is 7.30. The van der Waals surface area contributed by atoms with E-state index in [4.69, 9.17) is 4.42 Å². The zero-order chi connectivity index (χ0) is 18.5. The number of anilines is 1. The van der Waals surface area contributed by atoms with Gasteiger partial charge in [-0.2, -0.15) is 0 Å². The van der Waals surface area contributed by atoms with E-state index in [0.717, 1.165) is 18.4 Å². The molecule has 1 aromatic heterocycles. The van der Waals surface area contributed by atoms with Crippen LogP contribution >= 0.6 is 0 Å². The van der Waals surface area contributed by atoms with E-state index in [1.54, 1.807) is 34.3 Å². The van der Waals surface area contributed by atoms with Gasteiger partial charge in [0.1, 0.15) is 11.8 Å². The normalized spacial score (nSPS) is 22.0. The Labute approximate surface area is 155 Å². The third-order valence-corrected chi connectivity index (χ3v) is 5.50. The summed E-state index contributed by atoms with van der Waals surface area (Å²) in [5.41, 5.74) is 1.72. The second kappa shape index (κ2) is 5.97. The number of hydrogen-bond acceptors (Lipinski definition) is 4. The van der Waals surface area contributed by atoms with Crippen LogP contribution in [0.15, 0.2) is 41.0 Å². The van der Waals surface area contributed by atoms with E-state index in [-0.39, 0.29) is 30.2 Å². The van der Waals surface area contributed by atoms with E-state index < -0.39 is 6.04 Å². The molecule has 0 spiro atoms. The van der Waals surface area contributed by atoms with Crippen molar-refractivity contribution in [1.29, 1.82) is 0 Å². The Hall–Kier alpha value is -3.09. The molecular formula is C20H19N3O4. The number of nitrogens with one attached hydrogen (secondary N) is 1. The zero-order valence-corrected chi connectivity index (χ0v) is 14.7. The average Bonchev–Trinajstić information content (AvgIpc) is 3.41. The van der Waals surface area contributed by atoms with E-state index in [1.165, 1.54) is 0 Å². The molecule has 1 saturated carbocycles. The van der Waals surface area contributed by atoms with Gasteiger partial charge in [0.05, 0.1) is 24.1 Å². The second-order valence-corrected chi connectivity index (χ2v) is 7.30. The molecule has 2 aromatic rings. The lowest BCUT2D eigenvalue weighted by Crippen LogP contribution is -2.59. The van der Waals surface area contributed by atoms with Crippen LogP contribution in [-0.2, 0) is 9.59 Å². The number of nitrogens with zero attached hydrogens (tertiary/aromatic N) is 2. The first-order valence-electron chi connectivity index (χ1n) is 9.20. The molecule has 3 amide bonds. The van der Waals surface area contributed by atoms with Crippen molar-refractivity contribution in [2.75, 3.05) is 25.0 Å². The molecular weight excluding hydrogens is 346 g/mol. The molecule has 1 saturated heterocycles. The fraction of sp³-hybridized carbons (Fsp3) is 0.350. The van der Waals surface area contributed by atoms with Crippen LogP contribution in [0.5, 0.6) is 0 Å². The van der Waals surface area contributed by atoms with Crippen LogP contribution in [0.1, 0.15) is 23.2 Å². The van der Waals surface area contributed by atoms with Crippen LogP contribution in [0.4, 0.5) is 5.69 Å². The summed E-state index contributed by atoms with van der Waals surface area (Å²) < 4.78 is 5.42. The van der Waals surface area contributed by atoms with E-state index in [0.29, 0.717) is 30.1 Å². The summed E-state index contributed by atoms with van der Waals surface area (Å²) in [7, 11) is 0. The van der Waals surface area contributed by atoms with Crippen molar-refractivity contribution in [2.24, 2.45) is 5.92 Å². The Morgan fingerprint density at radius 1 is 1.15 bits per heavy atom. The van der Waals surface area contributed by atoms with Gasteiger partial charge in [0.2, 0.25) is 11.8 Å². The lowest BCUT2D eigenvalue weighted by molar-refractivity contribution is -0.136. The van der Waals surface area contributed by atoms with E-state index in [1.807, 2.05) is 12.1 Å². The third-order valence-electron chi connectivity index (χ3n) is 5.50. The summed E-state index contributed by atoms with van der Waals surface area (Å²) in [4.78, 5) is 41.6. The number of rotatable bonds is 2. The minimum atomic E-state index is -0.659. The van der Waals surface area contributed by atoms with Crippen LogP contribution in [0, 0.1) is 5.92 Å². The fourth-order valence-corrected chi connectivity index (χ4v) is 3.84. The molecule has 7 nitrogen and oxygen atoms in total. The maximum Gasteiger partial charge on any atom is 0.256 e. The number of benzene rings is 1. The largest absolute Gasteiger partial charge is 0.464 e. The van der Waals surface area contributed by atoms with E-state index in [2.05, 4.69) is 5.32 Å². The van der Waals surface area contributed by atoms with Crippen LogP contribution in [0.25, 0.3) is 11.3 Å². The molecule has 2 aliphatic heterocycles. The number of carbonyl (C=O) groups is 3. The highest BCUT2D eigenvalue weighted by molar-refractivity contribution is 6.10. The van der Waals surface area contributed by atoms with Crippen molar-refractivity contribution in [1.82, 2.24) is 9.80 Å². The van der Waals surface area contributed by atoms with Gasteiger partial charge in [0.25, 0.3) is 5.91 Å². The van der Waals surface area contributed by atoms with Crippen LogP contribution < -0.4 is 5.32 Å². The standard InChI is InChI=1S/C20H19N3O4/c24-18-16-11-22(19(25)12-3-4-12)7-8-23(16)20(26)14-10-13(5-6-15(14)21-18)17-2-1-9-27-17/h1-2,5-6,9-10,12,16H,3-4,7-8,11H2,(H,21,24). The Morgan fingerprint density at radius 2 is 2.00 bits per heavy atom. The minimum absolute atomic E-state index is 0.106. The third kappa shape index (κ3) is 2.70. The first-order chi connectivity index (χ1) is 13.1. The molecule has 3 aliphatic rings. The molecule has 1 aromatic carbocycles. The van der Waals surface area contributed by atoms with Gasteiger partial charge in [0, 0.05) is 24.6 Å². The summed E-state index contributed by atoms with van der Waals surface area (Å²) in [6, 6.07) is 8.25. The molecule has 1 atom stereocenters. The highest BCUT2D eigenvalue weighted by atomic mass is 16.3. The van der Waals surface area contributed by atoms with Crippen molar-refractivity contribution in [3.05, 3.63) is 42.2 Å². The van der Waals surface area contributed by atoms with Gasteiger partial charge in [-0.25, -0.2) is 0 Å².